The van der Waals surface area contributed by atoms with Gasteiger partial charge in [-0.05, 0) is 31.9 Å². The number of hydrazine groups is 1. The molecule has 1 aromatic heterocycles. The van der Waals surface area contributed by atoms with Gasteiger partial charge in [-0.3, -0.25) is 11.3 Å². The van der Waals surface area contributed by atoms with Crippen LogP contribution in [-0.2, 0) is 22.7 Å². The molecule has 0 saturated heterocycles. The van der Waals surface area contributed by atoms with Crippen LogP contribution in [0.25, 0.3) is 0 Å². The van der Waals surface area contributed by atoms with Crippen molar-refractivity contribution in [2.24, 2.45) is 5.84 Å². The van der Waals surface area contributed by atoms with Crippen molar-refractivity contribution < 1.29 is 8.42 Å². The largest absolute Gasteiger partial charge is 0.271 e. The van der Waals surface area contributed by atoms with Crippen molar-refractivity contribution >= 4 is 21.2 Å². The minimum atomic E-state index is -3.07. The average Bonchev–Trinajstić information content (AvgIpc) is 2.71. The normalized spacial score (nSPS) is 15.8. The number of sulfone groups is 1. The van der Waals surface area contributed by atoms with Crippen LogP contribution in [0.4, 0.5) is 0 Å². The molecule has 0 aliphatic carbocycles. The summed E-state index contributed by atoms with van der Waals surface area (Å²) in [6, 6.07) is 3.88. The van der Waals surface area contributed by atoms with Crippen LogP contribution in [0.5, 0.6) is 0 Å². The van der Waals surface area contributed by atoms with Crippen molar-refractivity contribution in [3.8, 4) is 0 Å². The lowest BCUT2D eigenvalue weighted by atomic mass is 10.1. The van der Waals surface area contributed by atoms with Crippen molar-refractivity contribution in [1.29, 1.82) is 0 Å². The molecule has 6 heteroatoms. The van der Waals surface area contributed by atoms with Gasteiger partial charge in [-0.25, -0.2) is 8.42 Å². The van der Waals surface area contributed by atoms with E-state index in [4.69, 9.17) is 5.84 Å². The Kier molecular flexibility index (Phi) is 5.12. The van der Waals surface area contributed by atoms with Crippen LogP contribution in [0.15, 0.2) is 12.1 Å². The summed E-state index contributed by atoms with van der Waals surface area (Å²) in [7, 11) is -3.07. The molecule has 3 N–H and O–H groups in total. The molecule has 0 fully saturated rings. The summed E-state index contributed by atoms with van der Waals surface area (Å²) in [5.74, 6) is 5.45. The number of thiophene rings is 1. The Bertz CT molecular complexity index is 454. The van der Waals surface area contributed by atoms with Crippen LogP contribution in [0.1, 0.15) is 23.6 Å². The predicted octanol–water partition coefficient (Wildman–Crippen LogP) is 1.12. The van der Waals surface area contributed by atoms with Crippen molar-refractivity contribution in [2.45, 2.75) is 38.0 Å². The molecule has 0 radical (unpaired) electrons. The van der Waals surface area contributed by atoms with Gasteiger partial charge >= 0.3 is 0 Å². The predicted molar refractivity (Wildman–Crippen MR) is 72.8 cm³/mol. The van der Waals surface area contributed by atoms with E-state index in [0.29, 0.717) is 6.42 Å². The molecule has 0 aromatic carbocycles. The van der Waals surface area contributed by atoms with Gasteiger partial charge in [0.2, 0.25) is 0 Å². The fourth-order valence-electron chi connectivity index (χ4n) is 1.60. The molecule has 2 atom stereocenters. The number of nitrogens with two attached hydrogens (primary N) is 1. The zero-order valence-electron chi connectivity index (χ0n) is 10.4. The molecule has 17 heavy (non-hydrogen) atoms. The smallest absolute Gasteiger partial charge is 0.151 e. The summed E-state index contributed by atoms with van der Waals surface area (Å²) < 4.78 is 23.0. The number of nitrogens with one attached hydrogen (secondary N) is 1. The van der Waals surface area contributed by atoms with E-state index in [2.05, 4.69) is 18.4 Å². The Morgan fingerprint density at radius 3 is 2.41 bits per heavy atom. The fraction of sp³-hybridized carbons (Fsp3) is 0.636. The van der Waals surface area contributed by atoms with Gasteiger partial charge in [0.05, 0.1) is 5.25 Å². The number of hydrogen-bond acceptors (Lipinski definition) is 5. The molecule has 2 unspecified atom stereocenters. The Hall–Kier alpha value is -0.430. The molecule has 0 amide bonds. The van der Waals surface area contributed by atoms with Crippen molar-refractivity contribution in [1.82, 2.24) is 5.43 Å². The molecule has 4 nitrogen and oxygen atoms in total. The van der Waals surface area contributed by atoms with E-state index in [1.165, 1.54) is 16.0 Å². The van der Waals surface area contributed by atoms with Crippen molar-refractivity contribution in [3.63, 3.8) is 0 Å². The number of aryl methyl sites for hydroxylation is 1. The van der Waals surface area contributed by atoms with Crippen LogP contribution in [-0.4, -0.2) is 26.0 Å². The number of hydrogen-bond donors (Lipinski definition) is 2. The summed E-state index contributed by atoms with van der Waals surface area (Å²) in [6.45, 7) is 3.79. The molecule has 1 aromatic rings. The van der Waals surface area contributed by atoms with E-state index in [1.54, 1.807) is 18.3 Å². The first-order valence-electron chi connectivity index (χ1n) is 5.61. The highest BCUT2D eigenvalue weighted by atomic mass is 32.2. The highest BCUT2D eigenvalue weighted by Gasteiger charge is 2.25. The molecule has 1 rings (SSSR count). The van der Waals surface area contributed by atoms with Gasteiger partial charge < -0.3 is 0 Å². The molecule has 0 bridgehead atoms. The molecular weight excluding hydrogens is 256 g/mol. The fourth-order valence-corrected chi connectivity index (χ4v) is 3.39. The molecule has 0 spiro atoms. The minimum Gasteiger partial charge on any atom is -0.271 e. The summed E-state index contributed by atoms with van der Waals surface area (Å²) >= 11 is 1.71. The second kappa shape index (κ2) is 5.95. The third-order valence-electron chi connectivity index (χ3n) is 2.94. The lowest BCUT2D eigenvalue weighted by Crippen LogP contribution is -2.47. The van der Waals surface area contributed by atoms with E-state index >= 15 is 0 Å². The van der Waals surface area contributed by atoms with E-state index < -0.39 is 15.1 Å². The Balaban J connectivity index is 2.76. The quantitative estimate of drug-likeness (QED) is 0.603. The van der Waals surface area contributed by atoms with Crippen LogP contribution in [0.3, 0.4) is 0 Å². The topological polar surface area (TPSA) is 72.2 Å². The molecule has 98 valence electrons. The third-order valence-corrected chi connectivity index (χ3v) is 5.87. The zero-order valence-corrected chi connectivity index (χ0v) is 12.1. The van der Waals surface area contributed by atoms with Gasteiger partial charge in [0.1, 0.15) is 0 Å². The van der Waals surface area contributed by atoms with Gasteiger partial charge in [0.25, 0.3) is 0 Å². The van der Waals surface area contributed by atoms with Crippen LogP contribution >= 0.6 is 11.3 Å². The van der Waals surface area contributed by atoms with Gasteiger partial charge in [0.15, 0.2) is 9.84 Å². The maximum Gasteiger partial charge on any atom is 0.151 e. The zero-order chi connectivity index (χ0) is 13.1. The van der Waals surface area contributed by atoms with Gasteiger partial charge in [-0.1, -0.05) is 6.92 Å². The first-order chi connectivity index (χ1) is 7.88. The van der Waals surface area contributed by atoms with E-state index in [-0.39, 0.29) is 6.04 Å². The van der Waals surface area contributed by atoms with E-state index in [0.717, 1.165) is 6.42 Å². The maximum atomic E-state index is 11.5. The second-order valence-corrected chi connectivity index (χ2v) is 7.89. The standard InChI is InChI=1S/C11H20N2O2S2/c1-4-9-5-6-10(16-9)7-11(13-12)8(2)17(3,14)15/h5-6,8,11,13H,4,7,12H2,1-3H3. The molecule has 0 saturated carbocycles. The molecular formula is C11H20N2O2S2. The first kappa shape index (κ1) is 14.6. The maximum absolute atomic E-state index is 11.5. The van der Waals surface area contributed by atoms with E-state index in [9.17, 15) is 8.42 Å². The summed E-state index contributed by atoms with van der Waals surface area (Å²) in [5, 5.41) is -0.486. The summed E-state index contributed by atoms with van der Waals surface area (Å²) in [6.07, 6.45) is 2.90. The van der Waals surface area contributed by atoms with Crippen molar-refractivity contribution in [3.05, 3.63) is 21.9 Å². The van der Waals surface area contributed by atoms with Crippen molar-refractivity contribution in [2.75, 3.05) is 6.26 Å². The van der Waals surface area contributed by atoms with Gasteiger partial charge in [-0.2, -0.15) is 0 Å². The van der Waals surface area contributed by atoms with Crippen LogP contribution < -0.4 is 11.3 Å². The van der Waals surface area contributed by atoms with E-state index in [1.807, 2.05) is 6.07 Å². The van der Waals surface area contributed by atoms with Gasteiger partial charge in [0, 0.05) is 22.1 Å². The highest BCUT2D eigenvalue weighted by Crippen LogP contribution is 2.20. The lowest BCUT2D eigenvalue weighted by Gasteiger charge is -2.21. The SMILES string of the molecule is CCc1ccc(CC(NN)C(C)S(C)(=O)=O)s1. The molecule has 1 heterocycles. The summed E-state index contributed by atoms with van der Waals surface area (Å²) in [5.41, 5.74) is 2.61. The highest BCUT2D eigenvalue weighted by molar-refractivity contribution is 7.91. The third kappa shape index (κ3) is 4.06. The molecule has 0 aliphatic heterocycles. The summed E-state index contributed by atoms with van der Waals surface area (Å²) in [4.78, 5) is 2.48. The minimum absolute atomic E-state index is 0.242. The van der Waals surface area contributed by atoms with Crippen LogP contribution in [0, 0.1) is 0 Å². The monoisotopic (exact) mass is 276 g/mol. The average molecular weight is 276 g/mol. The Morgan fingerprint density at radius 1 is 1.41 bits per heavy atom. The first-order valence-corrected chi connectivity index (χ1v) is 8.38. The molecule has 0 aliphatic rings. The number of rotatable bonds is 6. The van der Waals surface area contributed by atoms with Crippen LogP contribution in [0.2, 0.25) is 0 Å². The lowest BCUT2D eigenvalue weighted by molar-refractivity contribution is 0.496. The second-order valence-electron chi connectivity index (χ2n) is 4.23. The Morgan fingerprint density at radius 2 is 2.00 bits per heavy atom. The Labute approximate surface area is 107 Å². The van der Waals surface area contributed by atoms with Gasteiger partial charge in [-0.15, -0.1) is 11.3 Å².